The van der Waals surface area contributed by atoms with Crippen LogP contribution in [0.5, 0.6) is 5.75 Å². The molecule has 8 heteroatoms. The van der Waals surface area contributed by atoms with E-state index in [9.17, 15) is 15.2 Å². The normalized spacial score (nSPS) is 20.2. The number of nitrogens with one attached hydrogen (secondary N) is 1. The molecular weight excluding hydrogens is 365 g/mol. The molecule has 1 saturated heterocycles. The predicted octanol–water partition coefficient (Wildman–Crippen LogP) is 3.67. The molecule has 1 aromatic rings. The summed E-state index contributed by atoms with van der Waals surface area (Å²) in [6, 6.07) is 5.14. The molecule has 2 fully saturated rings. The Morgan fingerprint density at radius 3 is 2.40 bits per heavy atom. The van der Waals surface area contributed by atoms with Crippen molar-refractivity contribution in [2.24, 2.45) is 5.92 Å². The summed E-state index contributed by atoms with van der Waals surface area (Å²) in [5.41, 5.74) is 0.793. The second-order valence-corrected chi connectivity index (χ2v) is 6.63. The van der Waals surface area contributed by atoms with Crippen LogP contribution in [-0.4, -0.2) is 41.1 Å². The number of hydrogen-bond donors (Lipinski definition) is 2. The van der Waals surface area contributed by atoms with Gasteiger partial charge in [0.15, 0.2) is 5.75 Å². The Balaban J connectivity index is 0.00000156. The number of nitro groups is 1. The number of aromatic hydroxyl groups is 1. The Hall–Kier alpha value is -1.08. The summed E-state index contributed by atoms with van der Waals surface area (Å²) in [5, 5.41) is 24.3. The third-order valence-electron chi connectivity index (χ3n) is 5.18. The van der Waals surface area contributed by atoms with Crippen molar-refractivity contribution >= 4 is 30.5 Å². The third-order valence-corrected chi connectivity index (χ3v) is 5.18. The molecule has 0 aromatic heterocycles. The molecule has 0 spiro atoms. The van der Waals surface area contributed by atoms with E-state index in [1.165, 1.54) is 38.2 Å². The maximum atomic E-state index is 11.2. The molecule has 6 nitrogen and oxygen atoms in total. The van der Waals surface area contributed by atoms with E-state index in [1.807, 2.05) is 6.07 Å². The van der Waals surface area contributed by atoms with Crippen molar-refractivity contribution in [1.29, 1.82) is 0 Å². The van der Waals surface area contributed by atoms with Crippen molar-refractivity contribution in [1.82, 2.24) is 10.2 Å². The largest absolute Gasteiger partial charge is 0.502 e. The molecule has 2 N–H and O–H groups in total. The lowest BCUT2D eigenvalue weighted by Crippen LogP contribution is -2.47. The van der Waals surface area contributed by atoms with Crippen LogP contribution in [0.3, 0.4) is 0 Å². The monoisotopic (exact) mass is 391 g/mol. The van der Waals surface area contributed by atoms with Gasteiger partial charge in [-0.25, -0.2) is 0 Å². The number of nitrogens with zero attached hydrogens (tertiary/aromatic N) is 2. The Bertz CT molecular complexity index is 544. The van der Waals surface area contributed by atoms with Crippen LogP contribution >= 0.6 is 24.8 Å². The number of phenolic OH excluding ortho intramolecular Hbond substituents is 1. The van der Waals surface area contributed by atoms with Gasteiger partial charge in [0, 0.05) is 38.3 Å². The van der Waals surface area contributed by atoms with Crippen LogP contribution in [0.1, 0.15) is 43.7 Å². The molecule has 142 valence electrons. The number of piperazine rings is 1. The lowest BCUT2D eigenvalue weighted by molar-refractivity contribution is -0.386. The van der Waals surface area contributed by atoms with E-state index in [0.29, 0.717) is 5.92 Å². The maximum absolute atomic E-state index is 11.2. The molecule has 2 aliphatic rings. The Kier molecular flexibility index (Phi) is 8.93. The molecule has 0 bridgehead atoms. The van der Waals surface area contributed by atoms with E-state index in [0.717, 1.165) is 31.7 Å². The molecule has 0 amide bonds. The first kappa shape index (κ1) is 22.0. The van der Waals surface area contributed by atoms with Crippen LogP contribution in [0.25, 0.3) is 0 Å². The SMILES string of the molecule is Cl.Cl.O=[N+]([O-])c1cc([C@H](C2CCCCC2)N2CCNCC2)ccc1O. The number of nitro benzene ring substituents is 1. The first-order chi connectivity index (χ1) is 11.2. The number of phenols is 1. The minimum Gasteiger partial charge on any atom is -0.502 e. The number of hydrogen-bond acceptors (Lipinski definition) is 5. The minimum absolute atomic E-state index is 0. The van der Waals surface area contributed by atoms with Gasteiger partial charge in [-0.05, 0) is 30.4 Å². The van der Waals surface area contributed by atoms with Crippen molar-refractivity contribution < 1.29 is 10.0 Å². The summed E-state index contributed by atoms with van der Waals surface area (Å²) in [5.74, 6) is 0.299. The van der Waals surface area contributed by atoms with E-state index < -0.39 is 4.92 Å². The van der Waals surface area contributed by atoms with Gasteiger partial charge in [0.05, 0.1) is 4.92 Å². The van der Waals surface area contributed by atoms with Crippen molar-refractivity contribution in [2.75, 3.05) is 26.2 Å². The Labute approximate surface area is 160 Å². The van der Waals surface area contributed by atoms with E-state index in [2.05, 4.69) is 10.2 Å². The average Bonchev–Trinajstić information content (AvgIpc) is 2.58. The van der Waals surface area contributed by atoms with Gasteiger partial charge in [0.2, 0.25) is 0 Å². The van der Waals surface area contributed by atoms with Gasteiger partial charge in [-0.3, -0.25) is 15.0 Å². The quantitative estimate of drug-likeness (QED) is 0.604. The average molecular weight is 392 g/mol. The zero-order chi connectivity index (χ0) is 16.2. The molecule has 1 atom stereocenters. The highest BCUT2D eigenvalue weighted by Crippen LogP contribution is 2.40. The molecule has 1 aliphatic carbocycles. The fourth-order valence-corrected chi connectivity index (χ4v) is 4.06. The zero-order valence-corrected chi connectivity index (χ0v) is 15.9. The van der Waals surface area contributed by atoms with Gasteiger partial charge < -0.3 is 10.4 Å². The van der Waals surface area contributed by atoms with E-state index in [-0.39, 0.29) is 42.3 Å². The van der Waals surface area contributed by atoms with Gasteiger partial charge in [-0.2, -0.15) is 0 Å². The predicted molar refractivity (Wildman–Crippen MR) is 103 cm³/mol. The summed E-state index contributed by atoms with van der Waals surface area (Å²) in [7, 11) is 0. The van der Waals surface area contributed by atoms with Crippen LogP contribution in [0, 0.1) is 16.0 Å². The van der Waals surface area contributed by atoms with Crippen molar-refractivity contribution in [3.05, 3.63) is 33.9 Å². The van der Waals surface area contributed by atoms with Crippen LogP contribution in [-0.2, 0) is 0 Å². The van der Waals surface area contributed by atoms with Crippen LogP contribution < -0.4 is 5.32 Å². The molecule has 25 heavy (non-hydrogen) atoms. The van der Waals surface area contributed by atoms with Gasteiger partial charge >= 0.3 is 5.69 Å². The van der Waals surface area contributed by atoms with Gasteiger partial charge in [0.1, 0.15) is 0 Å². The zero-order valence-electron chi connectivity index (χ0n) is 14.2. The summed E-state index contributed by atoms with van der Waals surface area (Å²) < 4.78 is 0. The fraction of sp³-hybridized carbons (Fsp3) is 0.647. The van der Waals surface area contributed by atoms with Crippen molar-refractivity contribution in [3.8, 4) is 5.75 Å². The molecular formula is C17H27Cl2N3O3. The highest BCUT2D eigenvalue weighted by atomic mass is 35.5. The minimum atomic E-state index is -0.492. The van der Waals surface area contributed by atoms with Crippen LogP contribution in [0.4, 0.5) is 5.69 Å². The summed E-state index contributed by atoms with van der Waals surface area (Å²) >= 11 is 0. The summed E-state index contributed by atoms with van der Waals surface area (Å²) in [6.07, 6.45) is 6.15. The number of rotatable bonds is 4. The van der Waals surface area contributed by atoms with Crippen molar-refractivity contribution in [2.45, 2.75) is 38.1 Å². The van der Waals surface area contributed by atoms with Crippen molar-refractivity contribution in [3.63, 3.8) is 0 Å². The standard InChI is InChI=1S/C17H25N3O3.2ClH/c21-16-7-6-14(12-15(16)20(22)23)17(13-4-2-1-3-5-13)19-10-8-18-9-11-19;;/h6-7,12-13,17-18,21H,1-5,8-11H2;2*1H/t17-;;/m0../s1. The molecule has 0 unspecified atom stereocenters. The molecule has 1 aromatic carbocycles. The molecule has 1 aliphatic heterocycles. The van der Waals surface area contributed by atoms with Gasteiger partial charge in [-0.1, -0.05) is 25.3 Å². The molecule has 0 radical (unpaired) electrons. The third kappa shape index (κ3) is 5.20. The fourth-order valence-electron chi connectivity index (χ4n) is 4.06. The van der Waals surface area contributed by atoms with E-state index in [4.69, 9.17) is 0 Å². The first-order valence-corrected chi connectivity index (χ1v) is 8.59. The molecule has 3 rings (SSSR count). The van der Waals surface area contributed by atoms with Gasteiger partial charge in [0.25, 0.3) is 0 Å². The highest BCUT2D eigenvalue weighted by molar-refractivity contribution is 5.85. The maximum Gasteiger partial charge on any atom is 0.311 e. The lowest BCUT2D eigenvalue weighted by atomic mass is 9.80. The van der Waals surface area contributed by atoms with Gasteiger partial charge in [-0.15, -0.1) is 24.8 Å². The summed E-state index contributed by atoms with van der Waals surface area (Å²) in [6.45, 7) is 3.86. The van der Waals surface area contributed by atoms with E-state index >= 15 is 0 Å². The van der Waals surface area contributed by atoms with Crippen LogP contribution in [0.15, 0.2) is 18.2 Å². The highest BCUT2D eigenvalue weighted by Gasteiger charge is 2.32. The molecule has 1 saturated carbocycles. The lowest BCUT2D eigenvalue weighted by Gasteiger charge is -2.41. The Morgan fingerprint density at radius 1 is 1.16 bits per heavy atom. The first-order valence-electron chi connectivity index (χ1n) is 8.59. The summed E-state index contributed by atoms with van der Waals surface area (Å²) in [4.78, 5) is 13.1. The number of benzene rings is 1. The second kappa shape index (κ2) is 10.2. The second-order valence-electron chi connectivity index (χ2n) is 6.63. The Morgan fingerprint density at radius 2 is 1.80 bits per heavy atom. The topological polar surface area (TPSA) is 78.6 Å². The number of halogens is 2. The molecule has 1 heterocycles. The van der Waals surface area contributed by atoms with Crippen LogP contribution in [0.2, 0.25) is 0 Å². The smallest absolute Gasteiger partial charge is 0.311 e. The van der Waals surface area contributed by atoms with E-state index in [1.54, 1.807) is 6.07 Å².